The molecule has 0 fully saturated rings. The number of aryl methyl sites for hydroxylation is 1. The molecule has 0 aromatic carbocycles. The Labute approximate surface area is 123 Å². The van der Waals surface area contributed by atoms with Gasteiger partial charge in [0.25, 0.3) is 5.91 Å². The van der Waals surface area contributed by atoms with E-state index in [1.807, 2.05) is 32.0 Å². The molecule has 104 valence electrons. The normalized spacial score (nSPS) is 10.3. The number of aromatic nitrogens is 2. The number of hydrogen-bond donors (Lipinski definition) is 0. The van der Waals surface area contributed by atoms with Crippen molar-refractivity contribution in [3.8, 4) is 0 Å². The van der Waals surface area contributed by atoms with E-state index in [9.17, 15) is 4.79 Å². The maximum absolute atomic E-state index is 12.4. The minimum Gasteiger partial charge on any atom is -0.332 e. The second kappa shape index (κ2) is 6.48. The summed E-state index contributed by atoms with van der Waals surface area (Å²) in [6.07, 6.45) is 1.54. The maximum atomic E-state index is 12.4. The van der Waals surface area contributed by atoms with Gasteiger partial charge < -0.3 is 4.90 Å². The molecule has 0 aliphatic rings. The molecule has 4 nitrogen and oxygen atoms in total. The minimum absolute atomic E-state index is 0.140. The summed E-state index contributed by atoms with van der Waals surface area (Å²) in [7, 11) is 0. The second-order valence-electron chi connectivity index (χ2n) is 4.45. The molecule has 0 radical (unpaired) electrons. The third-order valence-electron chi connectivity index (χ3n) is 2.91. The Morgan fingerprint density at radius 3 is 2.80 bits per heavy atom. The van der Waals surface area contributed by atoms with Crippen molar-refractivity contribution in [1.82, 2.24) is 14.9 Å². The first kappa shape index (κ1) is 14.5. The molecule has 2 aromatic rings. The van der Waals surface area contributed by atoms with Gasteiger partial charge in [-0.1, -0.05) is 17.7 Å². The van der Waals surface area contributed by atoms with E-state index in [2.05, 4.69) is 9.97 Å². The van der Waals surface area contributed by atoms with Crippen LogP contribution >= 0.6 is 11.6 Å². The van der Waals surface area contributed by atoms with Gasteiger partial charge in [-0.05, 0) is 38.1 Å². The molecule has 0 saturated heterocycles. The van der Waals surface area contributed by atoms with Crippen LogP contribution in [0.15, 0.2) is 36.5 Å². The van der Waals surface area contributed by atoms with E-state index in [1.54, 1.807) is 17.0 Å². The van der Waals surface area contributed by atoms with Gasteiger partial charge in [-0.2, -0.15) is 0 Å². The molecule has 2 rings (SSSR count). The highest BCUT2D eigenvalue weighted by atomic mass is 35.5. The summed E-state index contributed by atoms with van der Waals surface area (Å²) in [6.45, 7) is 4.91. The molecule has 0 aliphatic heterocycles. The first-order valence-electron chi connectivity index (χ1n) is 6.43. The Morgan fingerprint density at radius 1 is 1.35 bits per heavy atom. The first-order valence-corrected chi connectivity index (χ1v) is 6.81. The van der Waals surface area contributed by atoms with Gasteiger partial charge in [0.2, 0.25) is 0 Å². The zero-order valence-electron chi connectivity index (χ0n) is 11.5. The van der Waals surface area contributed by atoms with Gasteiger partial charge in [-0.15, -0.1) is 0 Å². The topological polar surface area (TPSA) is 46.1 Å². The fraction of sp³-hybridized carbons (Fsp3) is 0.267. The zero-order valence-corrected chi connectivity index (χ0v) is 12.3. The number of carbonyl (C=O) groups excluding carboxylic acids is 1. The van der Waals surface area contributed by atoms with Crippen molar-refractivity contribution < 1.29 is 4.79 Å². The lowest BCUT2D eigenvalue weighted by Crippen LogP contribution is -2.31. The Kier molecular flexibility index (Phi) is 4.69. The molecule has 0 unspecified atom stereocenters. The summed E-state index contributed by atoms with van der Waals surface area (Å²) in [6, 6.07) is 9.01. The van der Waals surface area contributed by atoms with Gasteiger partial charge in [-0.25, -0.2) is 0 Å². The molecule has 0 saturated carbocycles. The second-order valence-corrected chi connectivity index (χ2v) is 4.89. The molecule has 0 bridgehead atoms. The third-order valence-corrected chi connectivity index (χ3v) is 3.14. The fourth-order valence-corrected chi connectivity index (χ4v) is 2.05. The van der Waals surface area contributed by atoms with Crippen LogP contribution in [0.4, 0.5) is 0 Å². The van der Waals surface area contributed by atoms with Crippen molar-refractivity contribution in [3.63, 3.8) is 0 Å². The molecular weight excluding hydrogens is 274 g/mol. The number of nitrogens with zero attached hydrogens (tertiary/aromatic N) is 3. The fourth-order valence-electron chi connectivity index (χ4n) is 1.89. The molecule has 0 atom stereocenters. The smallest absolute Gasteiger partial charge is 0.272 e. The molecule has 1 amide bonds. The lowest BCUT2D eigenvalue weighted by molar-refractivity contribution is 0.0744. The summed E-state index contributed by atoms with van der Waals surface area (Å²) >= 11 is 5.89. The maximum Gasteiger partial charge on any atom is 0.272 e. The summed E-state index contributed by atoms with van der Waals surface area (Å²) in [5.41, 5.74) is 2.15. The first-order chi connectivity index (χ1) is 9.60. The van der Waals surface area contributed by atoms with Gasteiger partial charge in [0, 0.05) is 23.5 Å². The van der Waals surface area contributed by atoms with Crippen LogP contribution in [0.25, 0.3) is 0 Å². The molecule has 0 N–H and O–H groups in total. The van der Waals surface area contributed by atoms with Crippen molar-refractivity contribution in [2.24, 2.45) is 0 Å². The summed E-state index contributed by atoms with van der Waals surface area (Å²) in [5, 5.41) is 0.507. The van der Waals surface area contributed by atoms with Crippen LogP contribution in [-0.2, 0) is 6.54 Å². The van der Waals surface area contributed by atoms with Crippen LogP contribution in [0, 0.1) is 6.92 Å². The van der Waals surface area contributed by atoms with Gasteiger partial charge in [0.05, 0.1) is 12.2 Å². The SMILES string of the molecule is CCN(Cc1cccc(C)n1)C(=O)c1cc(Cl)ccn1. The molecule has 2 aromatic heterocycles. The monoisotopic (exact) mass is 289 g/mol. The predicted octanol–water partition coefficient (Wildman–Crippen LogP) is 3.10. The van der Waals surface area contributed by atoms with Crippen LogP contribution in [0.5, 0.6) is 0 Å². The van der Waals surface area contributed by atoms with Gasteiger partial charge >= 0.3 is 0 Å². The lowest BCUT2D eigenvalue weighted by Gasteiger charge is -2.20. The van der Waals surface area contributed by atoms with E-state index in [-0.39, 0.29) is 5.91 Å². The zero-order chi connectivity index (χ0) is 14.5. The molecule has 0 aliphatic carbocycles. The largest absolute Gasteiger partial charge is 0.332 e. The van der Waals surface area contributed by atoms with Crippen LogP contribution in [0.1, 0.15) is 28.8 Å². The Hall–Kier alpha value is -1.94. The number of carbonyl (C=O) groups is 1. The van der Waals surface area contributed by atoms with Crippen molar-refractivity contribution >= 4 is 17.5 Å². The minimum atomic E-state index is -0.140. The lowest BCUT2D eigenvalue weighted by atomic mass is 10.2. The number of hydrogen-bond acceptors (Lipinski definition) is 3. The van der Waals surface area contributed by atoms with Gasteiger partial charge in [0.15, 0.2) is 0 Å². The van der Waals surface area contributed by atoms with E-state index >= 15 is 0 Å². The van der Waals surface area contributed by atoms with E-state index in [1.165, 1.54) is 6.20 Å². The van der Waals surface area contributed by atoms with E-state index < -0.39 is 0 Å². The highest BCUT2D eigenvalue weighted by Gasteiger charge is 2.16. The average molecular weight is 290 g/mol. The highest BCUT2D eigenvalue weighted by molar-refractivity contribution is 6.30. The third kappa shape index (κ3) is 3.54. The van der Waals surface area contributed by atoms with E-state index in [4.69, 9.17) is 11.6 Å². The number of pyridine rings is 2. The number of halogens is 1. The van der Waals surface area contributed by atoms with E-state index in [0.29, 0.717) is 23.8 Å². The predicted molar refractivity (Wildman–Crippen MR) is 78.6 cm³/mol. The van der Waals surface area contributed by atoms with Crippen molar-refractivity contribution in [2.45, 2.75) is 20.4 Å². The quantitative estimate of drug-likeness (QED) is 0.869. The van der Waals surface area contributed by atoms with Crippen LogP contribution < -0.4 is 0 Å². The molecular formula is C15H16ClN3O. The Morgan fingerprint density at radius 2 is 2.15 bits per heavy atom. The van der Waals surface area contributed by atoms with Crippen molar-refractivity contribution in [2.75, 3.05) is 6.54 Å². The summed E-state index contributed by atoms with van der Waals surface area (Å²) < 4.78 is 0. The Bertz CT molecular complexity index is 616. The summed E-state index contributed by atoms with van der Waals surface area (Å²) in [4.78, 5) is 22.6. The van der Waals surface area contributed by atoms with E-state index in [0.717, 1.165) is 11.4 Å². The summed E-state index contributed by atoms with van der Waals surface area (Å²) in [5.74, 6) is -0.140. The molecule has 0 spiro atoms. The molecule has 2 heterocycles. The average Bonchev–Trinajstić information content (AvgIpc) is 2.44. The highest BCUT2D eigenvalue weighted by Crippen LogP contribution is 2.12. The van der Waals surface area contributed by atoms with Gasteiger partial charge in [0.1, 0.15) is 5.69 Å². The van der Waals surface area contributed by atoms with Gasteiger partial charge in [-0.3, -0.25) is 14.8 Å². The van der Waals surface area contributed by atoms with Crippen LogP contribution in [-0.4, -0.2) is 27.3 Å². The molecule has 20 heavy (non-hydrogen) atoms. The van der Waals surface area contributed by atoms with Crippen LogP contribution in [0.3, 0.4) is 0 Å². The standard InChI is InChI=1S/C15H16ClN3O/c1-3-19(10-13-6-4-5-11(2)18-13)15(20)14-9-12(16)7-8-17-14/h4-9H,3,10H2,1-2H3. The number of rotatable bonds is 4. The Balaban J connectivity index is 2.18. The van der Waals surface area contributed by atoms with Crippen molar-refractivity contribution in [1.29, 1.82) is 0 Å². The van der Waals surface area contributed by atoms with Crippen LogP contribution in [0.2, 0.25) is 5.02 Å². The van der Waals surface area contributed by atoms with Crippen molar-refractivity contribution in [3.05, 3.63) is 58.6 Å². The molecule has 5 heteroatoms. The number of amides is 1.